The summed E-state index contributed by atoms with van der Waals surface area (Å²) >= 11 is 1.36. The van der Waals surface area contributed by atoms with Crippen LogP contribution in [0.4, 0.5) is 0 Å². The van der Waals surface area contributed by atoms with E-state index in [2.05, 4.69) is 5.10 Å². The predicted octanol–water partition coefficient (Wildman–Crippen LogP) is 2.18. The lowest BCUT2D eigenvalue weighted by Crippen LogP contribution is -2.56. The number of hydrazine groups is 1. The molecule has 0 bridgehead atoms. The van der Waals surface area contributed by atoms with E-state index in [1.54, 1.807) is 0 Å². The Hall–Kier alpha value is -1.53. The first-order valence-electron chi connectivity index (χ1n) is 6.42. The summed E-state index contributed by atoms with van der Waals surface area (Å²) in [6, 6.07) is 9.12. The third kappa shape index (κ3) is 2.66. The fourth-order valence-electron chi connectivity index (χ4n) is 2.12. The number of amidine groups is 1. The molecular weight excluding hydrogens is 272 g/mol. The molecule has 1 atom stereocenters. The molecule has 0 radical (unpaired) electrons. The van der Waals surface area contributed by atoms with E-state index >= 15 is 0 Å². The van der Waals surface area contributed by atoms with E-state index in [-0.39, 0.29) is 11.4 Å². The molecule has 0 aliphatic carbocycles. The largest absolute Gasteiger partial charge is 0.272 e. The van der Waals surface area contributed by atoms with E-state index in [0.29, 0.717) is 5.17 Å². The number of hydrogen-bond acceptors (Lipinski definition) is 5. The van der Waals surface area contributed by atoms with Gasteiger partial charge in [-0.3, -0.25) is 9.80 Å². The van der Waals surface area contributed by atoms with E-state index in [1.807, 2.05) is 62.4 Å². The molecule has 1 aromatic carbocycles. The first-order chi connectivity index (χ1) is 9.36. The average molecular weight is 292 g/mol. The molecule has 20 heavy (non-hydrogen) atoms. The molecule has 2 N–H and O–H groups in total. The highest BCUT2D eigenvalue weighted by Crippen LogP contribution is 2.33. The van der Waals surface area contributed by atoms with Crippen molar-refractivity contribution in [1.82, 2.24) is 10.0 Å². The van der Waals surface area contributed by atoms with Crippen LogP contribution in [0.25, 0.3) is 0 Å². The van der Waals surface area contributed by atoms with E-state index in [0.717, 1.165) is 10.6 Å². The standard InChI is InChI=1S/C14H20N4OS/c1-14(2,3)18-11(10-8-6-5-7-9-10)12(19)17(15)13(16-18)20-4/h5-9,11H,15H2,1-4H3. The molecular formula is C14H20N4OS. The van der Waals surface area contributed by atoms with Crippen LogP contribution >= 0.6 is 11.8 Å². The highest BCUT2D eigenvalue weighted by atomic mass is 32.2. The number of rotatable bonds is 1. The minimum absolute atomic E-state index is 0.162. The number of hydrogen-bond donors (Lipinski definition) is 1. The van der Waals surface area contributed by atoms with Gasteiger partial charge < -0.3 is 0 Å². The number of benzene rings is 1. The van der Waals surface area contributed by atoms with Gasteiger partial charge in [-0.05, 0) is 32.6 Å². The van der Waals surface area contributed by atoms with Crippen molar-refractivity contribution < 1.29 is 4.79 Å². The lowest BCUT2D eigenvalue weighted by Gasteiger charge is -2.43. The van der Waals surface area contributed by atoms with Gasteiger partial charge >= 0.3 is 0 Å². The summed E-state index contributed by atoms with van der Waals surface area (Å²) in [5.41, 5.74) is 0.616. The van der Waals surface area contributed by atoms with Gasteiger partial charge in [0.2, 0.25) is 5.17 Å². The first kappa shape index (κ1) is 14.9. The average Bonchev–Trinajstić information content (AvgIpc) is 2.41. The molecule has 5 nitrogen and oxygen atoms in total. The highest BCUT2D eigenvalue weighted by molar-refractivity contribution is 8.13. The zero-order chi connectivity index (χ0) is 14.9. The normalized spacial score (nSPS) is 20.1. The number of nitrogens with two attached hydrogens (primary N) is 1. The van der Waals surface area contributed by atoms with Gasteiger partial charge in [0.05, 0.1) is 5.54 Å². The van der Waals surface area contributed by atoms with Crippen molar-refractivity contribution in [3.63, 3.8) is 0 Å². The lowest BCUT2D eigenvalue weighted by molar-refractivity contribution is -0.138. The predicted molar refractivity (Wildman–Crippen MR) is 82.8 cm³/mol. The maximum Gasteiger partial charge on any atom is 0.271 e. The minimum atomic E-state index is -0.489. The molecule has 0 saturated carbocycles. The molecule has 6 heteroatoms. The van der Waals surface area contributed by atoms with Crippen LogP contribution in [0.1, 0.15) is 32.4 Å². The second-order valence-electron chi connectivity index (χ2n) is 5.62. The Morgan fingerprint density at radius 2 is 1.85 bits per heavy atom. The maximum absolute atomic E-state index is 12.6. The molecule has 0 fully saturated rings. The summed E-state index contributed by atoms with van der Waals surface area (Å²) in [7, 11) is 0. The second-order valence-corrected chi connectivity index (χ2v) is 6.40. The fraction of sp³-hybridized carbons (Fsp3) is 0.429. The Labute approximate surface area is 123 Å². The van der Waals surface area contributed by atoms with E-state index < -0.39 is 6.04 Å². The van der Waals surface area contributed by atoms with Crippen molar-refractivity contribution in [3.05, 3.63) is 35.9 Å². The fourth-order valence-corrected chi connectivity index (χ4v) is 2.58. The van der Waals surface area contributed by atoms with Crippen molar-refractivity contribution in [3.8, 4) is 0 Å². The molecule has 1 heterocycles. The summed E-state index contributed by atoms with van der Waals surface area (Å²) in [6.07, 6.45) is 1.86. The number of carbonyl (C=O) groups excluding carboxylic acids is 1. The van der Waals surface area contributed by atoms with Crippen molar-refractivity contribution in [1.29, 1.82) is 0 Å². The van der Waals surface area contributed by atoms with Crippen LogP contribution in [-0.4, -0.2) is 32.9 Å². The zero-order valence-corrected chi connectivity index (χ0v) is 13.0. The van der Waals surface area contributed by atoms with Crippen LogP contribution in [0.2, 0.25) is 0 Å². The Balaban J connectivity index is 2.52. The van der Waals surface area contributed by atoms with Gasteiger partial charge in [0.1, 0.15) is 0 Å². The van der Waals surface area contributed by atoms with Gasteiger partial charge in [0.25, 0.3) is 5.91 Å². The van der Waals surface area contributed by atoms with Crippen LogP contribution < -0.4 is 5.84 Å². The van der Waals surface area contributed by atoms with Gasteiger partial charge in [0, 0.05) is 0 Å². The maximum atomic E-state index is 12.6. The molecule has 0 aromatic heterocycles. The van der Waals surface area contributed by atoms with E-state index in [1.165, 1.54) is 11.8 Å². The SMILES string of the molecule is CSC1=NN(C(C)(C)C)C(c2ccccc2)C(=O)N1N. The molecule has 0 saturated heterocycles. The molecule has 108 valence electrons. The van der Waals surface area contributed by atoms with Crippen LogP contribution in [0, 0.1) is 0 Å². The number of hydrazone groups is 1. The van der Waals surface area contributed by atoms with Crippen LogP contribution in [0.5, 0.6) is 0 Å². The number of carbonyl (C=O) groups is 1. The van der Waals surface area contributed by atoms with Gasteiger partial charge in [-0.2, -0.15) is 0 Å². The topological polar surface area (TPSA) is 61.9 Å². The van der Waals surface area contributed by atoms with Gasteiger partial charge in [-0.25, -0.2) is 10.9 Å². The highest BCUT2D eigenvalue weighted by Gasteiger charge is 2.41. The first-order valence-corrected chi connectivity index (χ1v) is 7.64. The van der Waals surface area contributed by atoms with Gasteiger partial charge in [-0.1, -0.05) is 42.1 Å². The number of thioether (sulfide) groups is 1. The van der Waals surface area contributed by atoms with Gasteiger partial charge in [0.15, 0.2) is 6.04 Å². The quantitative estimate of drug-likeness (QED) is 0.636. The van der Waals surface area contributed by atoms with E-state index in [9.17, 15) is 4.79 Å². The molecule has 1 aromatic rings. The minimum Gasteiger partial charge on any atom is -0.272 e. The Kier molecular flexibility index (Phi) is 4.06. The Bertz CT molecular complexity index is 524. The molecule has 1 aliphatic heterocycles. The van der Waals surface area contributed by atoms with Gasteiger partial charge in [-0.15, -0.1) is 5.10 Å². The Morgan fingerprint density at radius 3 is 2.35 bits per heavy atom. The van der Waals surface area contributed by atoms with Crippen molar-refractivity contribution >= 4 is 22.8 Å². The summed E-state index contributed by atoms with van der Waals surface area (Å²) in [5, 5.41) is 8.04. The third-order valence-electron chi connectivity index (χ3n) is 3.10. The molecule has 0 spiro atoms. The Morgan fingerprint density at radius 1 is 1.25 bits per heavy atom. The van der Waals surface area contributed by atoms with Crippen LogP contribution in [-0.2, 0) is 4.79 Å². The molecule has 1 unspecified atom stereocenters. The summed E-state index contributed by atoms with van der Waals surface area (Å²) < 4.78 is 0. The molecule has 1 amide bonds. The lowest BCUT2D eigenvalue weighted by atomic mass is 9.99. The monoisotopic (exact) mass is 292 g/mol. The van der Waals surface area contributed by atoms with E-state index in [4.69, 9.17) is 5.84 Å². The van der Waals surface area contributed by atoms with Crippen LogP contribution in [0.15, 0.2) is 35.4 Å². The summed E-state index contributed by atoms with van der Waals surface area (Å²) in [6.45, 7) is 6.09. The van der Waals surface area contributed by atoms with Crippen LogP contribution in [0.3, 0.4) is 0 Å². The smallest absolute Gasteiger partial charge is 0.271 e. The number of nitrogens with zero attached hydrogens (tertiary/aromatic N) is 3. The van der Waals surface area contributed by atoms with Crippen molar-refractivity contribution in [2.75, 3.05) is 6.26 Å². The van der Waals surface area contributed by atoms with Crippen molar-refractivity contribution in [2.45, 2.75) is 32.4 Å². The van der Waals surface area contributed by atoms with Crippen molar-refractivity contribution in [2.24, 2.45) is 10.9 Å². The zero-order valence-electron chi connectivity index (χ0n) is 12.2. The molecule has 2 rings (SSSR count). The number of amides is 1. The summed E-state index contributed by atoms with van der Waals surface area (Å²) in [5.74, 6) is 5.71. The third-order valence-corrected chi connectivity index (χ3v) is 3.74. The summed E-state index contributed by atoms with van der Waals surface area (Å²) in [4.78, 5) is 12.6. The second kappa shape index (κ2) is 5.46. The molecule has 1 aliphatic rings.